The second kappa shape index (κ2) is 7.59. The van der Waals surface area contributed by atoms with Crippen LogP contribution in [0.2, 0.25) is 0 Å². The molecule has 0 fully saturated rings. The predicted molar refractivity (Wildman–Crippen MR) is 89.1 cm³/mol. The first kappa shape index (κ1) is 17.5. The first-order chi connectivity index (χ1) is 10.9. The fourth-order valence-corrected chi connectivity index (χ4v) is 3.42. The molecule has 0 radical (unpaired) electrons. The number of aliphatic hydroxyl groups excluding tert-OH is 1. The zero-order valence-electron chi connectivity index (χ0n) is 13.2. The molecular formula is C17H21NO4S. The van der Waals surface area contributed by atoms with Gasteiger partial charge in [0.2, 0.25) is 10.0 Å². The van der Waals surface area contributed by atoms with Gasteiger partial charge in [0.1, 0.15) is 5.75 Å². The Bertz CT molecular complexity index is 744. The minimum absolute atomic E-state index is 0.0394. The number of ether oxygens (including phenoxy) is 1. The van der Waals surface area contributed by atoms with Crippen LogP contribution in [0.3, 0.4) is 0 Å². The van der Waals surface area contributed by atoms with Crippen LogP contribution < -0.4 is 9.46 Å². The molecule has 1 unspecified atom stereocenters. The summed E-state index contributed by atoms with van der Waals surface area (Å²) >= 11 is 0. The molecule has 0 saturated heterocycles. The molecule has 23 heavy (non-hydrogen) atoms. The van der Waals surface area contributed by atoms with Gasteiger partial charge in [-0.2, -0.15) is 0 Å². The molecule has 5 nitrogen and oxygen atoms in total. The maximum Gasteiger partial charge on any atom is 0.240 e. The summed E-state index contributed by atoms with van der Waals surface area (Å²) in [5.74, 6) is 0.632. The standard InChI is InChI=1S/C17H21NO4S/c1-13-10-16(8-9-17(13)22-2)23(20,21)18-12-15(19)11-14-6-4-3-5-7-14/h3-10,15,18-19H,11-12H2,1-2H3. The summed E-state index contributed by atoms with van der Waals surface area (Å²) in [6, 6.07) is 14.1. The van der Waals surface area contributed by atoms with Crippen LogP contribution in [-0.2, 0) is 16.4 Å². The van der Waals surface area contributed by atoms with Crippen LogP contribution in [0, 0.1) is 6.92 Å². The minimum atomic E-state index is -3.66. The molecule has 0 aliphatic heterocycles. The van der Waals surface area contributed by atoms with Gasteiger partial charge >= 0.3 is 0 Å². The van der Waals surface area contributed by atoms with E-state index in [0.29, 0.717) is 12.2 Å². The maximum atomic E-state index is 12.3. The van der Waals surface area contributed by atoms with Gasteiger partial charge in [0.05, 0.1) is 18.1 Å². The van der Waals surface area contributed by atoms with Crippen LogP contribution in [0.4, 0.5) is 0 Å². The van der Waals surface area contributed by atoms with E-state index in [9.17, 15) is 13.5 Å². The van der Waals surface area contributed by atoms with E-state index in [0.717, 1.165) is 11.1 Å². The van der Waals surface area contributed by atoms with Gasteiger partial charge in [-0.3, -0.25) is 0 Å². The number of methoxy groups -OCH3 is 1. The number of aryl methyl sites for hydroxylation is 1. The molecule has 0 heterocycles. The highest BCUT2D eigenvalue weighted by atomic mass is 32.2. The van der Waals surface area contributed by atoms with E-state index in [1.54, 1.807) is 19.1 Å². The summed E-state index contributed by atoms with van der Waals surface area (Å²) < 4.78 is 32.1. The molecule has 0 bridgehead atoms. The molecule has 0 spiro atoms. The summed E-state index contributed by atoms with van der Waals surface area (Å²) in [5.41, 5.74) is 1.69. The van der Waals surface area contributed by atoms with Gasteiger partial charge < -0.3 is 9.84 Å². The number of hydrogen-bond acceptors (Lipinski definition) is 4. The fraction of sp³-hybridized carbons (Fsp3) is 0.294. The van der Waals surface area contributed by atoms with Crippen LogP contribution in [0.15, 0.2) is 53.4 Å². The summed E-state index contributed by atoms with van der Waals surface area (Å²) in [6.07, 6.45) is -0.392. The second-order valence-corrected chi connectivity index (χ2v) is 7.09. The SMILES string of the molecule is COc1ccc(S(=O)(=O)NCC(O)Cc2ccccc2)cc1C. The van der Waals surface area contributed by atoms with Crippen molar-refractivity contribution in [3.05, 3.63) is 59.7 Å². The molecule has 0 aliphatic carbocycles. The van der Waals surface area contributed by atoms with Crippen molar-refractivity contribution in [2.75, 3.05) is 13.7 Å². The third-order valence-corrected chi connectivity index (χ3v) is 4.92. The van der Waals surface area contributed by atoms with Crippen molar-refractivity contribution in [2.24, 2.45) is 0 Å². The highest BCUT2D eigenvalue weighted by Gasteiger charge is 2.17. The molecule has 0 aromatic heterocycles. The third kappa shape index (κ3) is 4.79. The smallest absolute Gasteiger partial charge is 0.240 e. The molecule has 2 N–H and O–H groups in total. The topological polar surface area (TPSA) is 75.6 Å². The summed E-state index contributed by atoms with van der Waals surface area (Å²) in [5, 5.41) is 10.0. The van der Waals surface area contributed by atoms with Crippen LogP contribution in [0.5, 0.6) is 5.75 Å². The van der Waals surface area contributed by atoms with Crippen LogP contribution in [0.25, 0.3) is 0 Å². The molecule has 6 heteroatoms. The Morgan fingerprint density at radius 2 is 1.87 bits per heavy atom. The lowest BCUT2D eigenvalue weighted by molar-refractivity contribution is 0.179. The zero-order chi connectivity index (χ0) is 16.9. The molecule has 0 amide bonds. The lowest BCUT2D eigenvalue weighted by Gasteiger charge is -2.13. The Morgan fingerprint density at radius 3 is 2.48 bits per heavy atom. The van der Waals surface area contributed by atoms with Crippen molar-refractivity contribution in [3.63, 3.8) is 0 Å². The lowest BCUT2D eigenvalue weighted by atomic mass is 10.1. The van der Waals surface area contributed by atoms with E-state index >= 15 is 0 Å². The van der Waals surface area contributed by atoms with Gasteiger partial charge in [-0.25, -0.2) is 13.1 Å². The Kier molecular flexibility index (Phi) is 5.76. The largest absolute Gasteiger partial charge is 0.496 e. The third-order valence-electron chi connectivity index (χ3n) is 3.50. The van der Waals surface area contributed by atoms with Crippen LogP contribution >= 0.6 is 0 Å². The van der Waals surface area contributed by atoms with Gasteiger partial charge in [0, 0.05) is 6.54 Å². The first-order valence-corrected chi connectivity index (χ1v) is 8.77. The molecule has 2 aromatic carbocycles. The van der Waals surface area contributed by atoms with Gasteiger partial charge in [0.15, 0.2) is 0 Å². The molecule has 0 saturated carbocycles. The second-order valence-electron chi connectivity index (χ2n) is 5.33. The average Bonchev–Trinajstić information content (AvgIpc) is 2.54. The van der Waals surface area contributed by atoms with Crippen molar-refractivity contribution in [1.82, 2.24) is 4.72 Å². The summed E-state index contributed by atoms with van der Waals surface area (Å²) in [6.45, 7) is 1.74. The van der Waals surface area contributed by atoms with E-state index in [1.165, 1.54) is 13.2 Å². The maximum absolute atomic E-state index is 12.3. The quantitative estimate of drug-likeness (QED) is 0.810. The molecule has 0 aliphatic rings. The highest BCUT2D eigenvalue weighted by molar-refractivity contribution is 7.89. The highest BCUT2D eigenvalue weighted by Crippen LogP contribution is 2.21. The van der Waals surface area contributed by atoms with Gasteiger partial charge in [-0.1, -0.05) is 30.3 Å². The number of rotatable bonds is 7. The van der Waals surface area contributed by atoms with Crippen LogP contribution in [0.1, 0.15) is 11.1 Å². The van der Waals surface area contributed by atoms with Crippen molar-refractivity contribution in [3.8, 4) is 5.75 Å². The Hall–Kier alpha value is -1.89. The van der Waals surface area contributed by atoms with E-state index in [2.05, 4.69) is 4.72 Å². The number of hydrogen-bond donors (Lipinski definition) is 2. The van der Waals surface area contributed by atoms with Gasteiger partial charge in [0.25, 0.3) is 0 Å². The molecule has 1 atom stereocenters. The predicted octanol–water partition coefficient (Wildman–Crippen LogP) is 1.89. The normalized spacial score (nSPS) is 12.8. The first-order valence-electron chi connectivity index (χ1n) is 7.28. The van der Waals surface area contributed by atoms with Gasteiger partial charge in [-0.05, 0) is 42.7 Å². The Morgan fingerprint density at radius 1 is 1.17 bits per heavy atom. The van der Waals surface area contributed by atoms with Crippen molar-refractivity contribution in [2.45, 2.75) is 24.3 Å². The minimum Gasteiger partial charge on any atom is -0.496 e. The van der Waals surface area contributed by atoms with Crippen LogP contribution in [-0.4, -0.2) is 33.3 Å². The molecule has 124 valence electrons. The van der Waals surface area contributed by atoms with E-state index in [-0.39, 0.29) is 11.4 Å². The van der Waals surface area contributed by atoms with Crippen molar-refractivity contribution in [1.29, 1.82) is 0 Å². The van der Waals surface area contributed by atoms with Crippen molar-refractivity contribution < 1.29 is 18.3 Å². The molecule has 2 rings (SSSR count). The zero-order valence-corrected chi connectivity index (χ0v) is 14.0. The van der Waals surface area contributed by atoms with Crippen molar-refractivity contribution >= 4 is 10.0 Å². The molecule has 2 aromatic rings. The lowest BCUT2D eigenvalue weighted by Crippen LogP contribution is -2.33. The van der Waals surface area contributed by atoms with E-state index < -0.39 is 16.1 Å². The summed E-state index contributed by atoms with van der Waals surface area (Å²) in [7, 11) is -2.12. The van der Waals surface area contributed by atoms with E-state index in [4.69, 9.17) is 4.74 Å². The Balaban J connectivity index is 1.99. The number of benzene rings is 2. The van der Waals surface area contributed by atoms with E-state index in [1.807, 2.05) is 30.3 Å². The Labute approximate surface area is 137 Å². The molecular weight excluding hydrogens is 314 g/mol. The van der Waals surface area contributed by atoms with Gasteiger partial charge in [-0.15, -0.1) is 0 Å². The summed E-state index contributed by atoms with van der Waals surface area (Å²) in [4.78, 5) is 0.155. The number of aliphatic hydroxyl groups is 1. The number of sulfonamides is 1. The average molecular weight is 335 g/mol. The number of nitrogens with one attached hydrogen (secondary N) is 1. The monoisotopic (exact) mass is 335 g/mol. The fourth-order valence-electron chi connectivity index (χ4n) is 2.27.